The van der Waals surface area contributed by atoms with Crippen LogP contribution in [0.1, 0.15) is 52.4 Å². The molecule has 0 spiro atoms. The predicted molar refractivity (Wildman–Crippen MR) is 112 cm³/mol. The van der Waals surface area contributed by atoms with Crippen LogP contribution in [0.4, 0.5) is 8.78 Å². The van der Waals surface area contributed by atoms with E-state index in [1.54, 1.807) is 0 Å². The smallest absolute Gasteiger partial charge is 0.188 e. The van der Waals surface area contributed by atoms with E-state index in [0.717, 1.165) is 25.9 Å². The molecule has 0 aromatic heterocycles. The number of halogens is 2. The summed E-state index contributed by atoms with van der Waals surface area (Å²) in [5.74, 6) is 0.748. The first-order valence-corrected chi connectivity index (χ1v) is 12.2. The molecule has 11 atom stereocenters. The fourth-order valence-electron chi connectivity index (χ4n) is 6.84. The summed E-state index contributed by atoms with van der Waals surface area (Å²) in [6, 6.07) is 0.597. The van der Waals surface area contributed by atoms with Crippen LogP contribution in [0, 0.1) is 23.7 Å². The summed E-state index contributed by atoms with van der Waals surface area (Å²) in [6.07, 6.45) is 7.25. The molecule has 4 nitrogen and oxygen atoms in total. The molecule has 5 aliphatic rings. The van der Waals surface area contributed by atoms with Crippen molar-refractivity contribution in [1.29, 1.82) is 0 Å². The minimum atomic E-state index is -1.09. The number of alkyl halides is 2. The molecule has 4 saturated heterocycles. The monoisotopic (exact) mass is 424 g/mol. The molecule has 10 unspecified atom stereocenters. The lowest BCUT2D eigenvalue weighted by atomic mass is 9.66. The number of likely N-dealkylation sites (tertiary alicyclic amines) is 1. The highest BCUT2D eigenvalue weighted by Crippen LogP contribution is 2.45. The molecular formula is C24H38F2N2O2. The molecule has 6 heteroatoms. The van der Waals surface area contributed by atoms with Crippen LogP contribution in [-0.2, 0) is 9.47 Å². The van der Waals surface area contributed by atoms with Gasteiger partial charge in [-0.1, -0.05) is 26.3 Å². The van der Waals surface area contributed by atoms with Gasteiger partial charge in [-0.2, -0.15) is 0 Å². The van der Waals surface area contributed by atoms with Gasteiger partial charge in [0.15, 0.2) is 6.29 Å². The second-order valence-electron chi connectivity index (χ2n) is 10.6. The topological polar surface area (TPSA) is 28.2 Å². The van der Waals surface area contributed by atoms with Gasteiger partial charge in [-0.05, 0) is 63.1 Å². The molecule has 0 radical (unpaired) electrons. The Hall–Kier alpha value is -0.560. The van der Waals surface area contributed by atoms with Gasteiger partial charge in [0.2, 0.25) is 0 Å². The van der Waals surface area contributed by atoms with Gasteiger partial charge in [0.25, 0.3) is 0 Å². The predicted octanol–water partition coefficient (Wildman–Crippen LogP) is 4.16. The number of rotatable bonds is 3. The largest absolute Gasteiger partial charge is 0.340 e. The van der Waals surface area contributed by atoms with Crippen molar-refractivity contribution in [3.8, 4) is 0 Å². The maximum absolute atomic E-state index is 15.3. The van der Waals surface area contributed by atoms with Gasteiger partial charge in [-0.3, -0.25) is 4.90 Å². The van der Waals surface area contributed by atoms with Crippen molar-refractivity contribution in [3.05, 3.63) is 12.2 Å². The summed E-state index contributed by atoms with van der Waals surface area (Å²) in [4.78, 5) is 4.74. The summed E-state index contributed by atoms with van der Waals surface area (Å²) >= 11 is 0. The molecule has 0 N–H and O–H groups in total. The van der Waals surface area contributed by atoms with E-state index in [4.69, 9.17) is 9.47 Å². The van der Waals surface area contributed by atoms with Gasteiger partial charge in [-0.25, -0.2) is 8.78 Å². The normalized spacial score (nSPS) is 52.8. The van der Waals surface area contributed by atoms with Crippen LogP contribution >= 0.6 is 0 Å². The molecule has 0 bridgehead atoms. The van der Waals surface area contributed by atoms with Gasteiger partial charge in [0.1, 0.15) is 24.7 Å². The van der Waals surface area contributed by atoms with Gasteiger partial charge >= 0.3 is 0 Å². The summed E-state index contributed by atoms with van der Waals surface area (Å²) in [5, 5.41) is 0. The van der Waals surface area contributed by atoms with Crippen LogP contribution in [0.25, 0.3) is 0 Å². The van der Waals surface area contributed by atoms with Gasteiger partial charge in [0, 0.05) is 31.0 Å². The molecule has 0 aromatic rings. The molecule has 1 aliphatic carbocycles. The first kappa shape index (κ1) is 21.3. The highest BCUT2D eigenvalue weighted by molar-refractivity contribution is 5.09. The highest BCUT2D eigenvalue weighted by Gasteiger charge is 2.55. The molecule has 4 heterocycles. The van der Waals surface area contributed by atoms with Crippen LogP contribution in [-0.4, -0.2) is 73.0 Å². The fraction of sp³-hybridized carbons (Fsp3) is 0.917. The number of nitrogens with zero attached hydrogens (tertiary/aromatic N) is 2. The Morgan fingerprint density at radius 2 is 1.80 bits per heavy atom. The van der Waals surface area contributed by atoms with Crippen molar-refractivity contribution in [2.24, 2.45) is 23.7 Å². The van der Waals surface area contributed by atoms with E-state index in [9.17, 15) is 4.39 Å². The maximum Gasteiger partial charge on any atom is 0.188 e. The quantitative estimate of drug-likeness (QED) is 0.502. The van der Waals surface area contributed by atoms with Crippen LogP contribution in [0.2, 0.25) is 0 Å². The molecule has 5 fully saturated rings. The number of hydrogen-bond donors (Lipinski definition) is 0. The Morgan fingerprint density at radius 3 is 2.63 bits per heavy atom. The fourth-order valence-corrected chi connectivity index (χ4v) is 6.84. The molecule has 0 amide bonds. The zero-order chi connectivity index (χ0) is 21.0. The maximum atomic E-state index is 15.3. The number of allylic oxidation sites excluding steroid dienone is 1. The second-order valence-corrected chi connectivity index (χ2v) is 10.6. The van der Waals surface area contributed by atoms with Crippen LogP contribution in [0.5, 0.6) is 0 Å². The molecule has 170 valence electrons. The van der Waals surface area contributed by atoms with Crippen molar-refractivity contribution < 1.29 is 18.3 Å². The van der Waals surface area contributed by atoms with E-state index in [0.29, 0.717) is 24.3 Å². The zero-order valence-electron chi connectivity index (χ0n) is 18.6. The lowest BCUT2D eigenvalue weighted by molar-refractivity contribution is -0.109. The molecular weight excluding hydrogens is 386 g/mol. The van der Waals surface area contributed by atoms with E-state index in [-0.39, 0.29) is 42.9 Å². The SMILES string of the molecule is CC1CCN(C)C(C2C(F)CC(F)CC2/C=C\C2OC3OC3C3CCCCN23)[C@@H]1C. The number of fused-ring (bicyclic) bond motifs is 3. The van der Waals surface area contributed by atoms with Crippen LogP contribution in [0.3, 0.4) is 0 Å². The van der Waals surface area contributed by atoms with Crippen LogP contribution < -0.4 is 0 Å². The lowest BCUT2D eigenvalue weighted by Gasteiger charge is -2.50. The minimum absolute atomic E-state index is 0.0478. The van der Waals surface area contributed by atoms with Crippen molar-refractivity contribution in [3.63, 3.8) is 0 Å². The first-order chi connectivity index (χ1) is 14.4. The van der Waals surface area contributed by atoms with Gasteiger partial charge in [0.05, 0.1) is 0 Å². The van der Waals surface area contributed by atoms with E-state index < -0.39 is 12.3 Å². The molecule has 30 heavy (non-hydrogen) atoms. The Morgan fingerprint density at radius 1 is 0.967 bits per heavy atom. The third-order valence-electron chi connectivity index (χ3n) is 8.78. The van der Waals surface area contributed by atoms with E-state index in [1.807, 2.05) is 0 Å². The van der Waals surface area contributed by atoms with Crippen molar-refractivity contribution in [2.75, 3.05) is 20.1 Å². The van der Waals surface area contributed by atoms with E-state index in [2.05, 4.69) is 42.8 Å². The first-order valence-electron chi connectivity index (χ1n) is 12.2. The Balaban J connectivity index is 1.36. The lowest BCUT2D eigenvalue weighted by Crippen LogP contribution is -2.55. The van der Waals surface area contributed by atoms with Crippen molar-refractivity contribution in [2.45, 2.75) is 95.4 Å². The van der Waals surface area contributed by atoms with Crippen molar-refractivity contribution in [1.82, 2.24) is 9.80 Å². The summed E-state index contributed by atoms with van der Waals surface area (Å²) in [7, 11) is 2.12. The number of piperidine rings is 2. The Bertz CT molecular complexity index is 649. The number of ether oxygens (including phenoxy) is 2. The van der Waals surface area contributed by atoms with Crippen molar-refractivity contribution >= 4 is 0 Å². The molecule has 4 aliphatic heterocycles. The summed E-state index contributed by atoms with van der Waals surface area (Å²) < 4.78 is 41.7. The summed E-state index contributed by atoms with van der Waals surface area (Å²) in [6.45, 7) is 6.54. The second kappa shape index (κ2) is 8.42. The number of epoxide rings is 1. The van der Waals surface area contributed by atoms with Gasteiger partial charge in [-0.15, -0.1) is 0 Å². The Kier molecular flexibility index (Phi) is 5.97. The third-order valence-corrected chi connectivity index (χ3v) is 8.78. The number of hydrogen-bond acceptors (Lipinski definition) is 4. The standard InChI is InChI=1S/C24H38F2N2O2/c1-14-9-11-27(3)22(15(14)2)21-16(12-17(25)13-18(21)26)7-8-20-28-10-5-4-6-19(28)23-24(29-20)30-23/h7-8,14-24H,4-6,9-13H2,1-3H3/b8-7-/t14?,15-,16?,17?,18?,19?,20?,21?,22?,23?,24?/m1/s1. The third kappa shape index (κ3) is 3.87. The van der Waals surface area contributed by atoms with E-state index in [1.165, 1.54) is 12.8 Å². The minimum Gasteiger partial charge on any atom is -0.340 e. The average molecular weight is 425 g/mol. The molecule has 5 rings (SSSR count). The molecule has 0 aromatic carbocycles. The molecule has 1 saturated carbocycles. The summed E-state index contributed by atoms with van der Waals surface area (Å²) in [5.41, 5.74) is 0. The average Bonchev–Trinajstić information content (AvgIpc) is 3.50. The van der Waals surface area contributed by atoms with Gasteiger partial charge < -0.3 is 14.4 Å². The highest BCUT2D eigenvalue weighted by atomic mass is 19.1. The van der Waals surface area contributed by atoms with Crippen LogP contribution in [0.15, 0.2) is 12.2 Å². The van der Waals surface area contributed by atoms with E-state index >= 15 is 4.39 Å². The Labute approximate surface area is 179 Å². The zero-order valence-corrected chi connectivity index (χ0v) is 18.6.